The van der Waals surface area contributed by atoms with Gasteiger partial charge in [-0.3, -0.25) is 4.79 Å². The highest BCUT2D eigenvalue weighted by molar-refractivity contribution is 5.94. The molecule has 1 heterocycles. The van der Waals surface area contributed by atoms with Crippen LogP contribution in [0.2, 0.25) is 0 Å². The van der Waals surface area contributed by atoms with Crippen LogP contribution in [0.15, 0.2) is 48.0 Å². The van der Waals surface area contributed by atoms with Crippen LogP contribution in [0.3, 0.4) is 0 Å². The number of benzene rings is 1. The van der Waals surface area contributed by atoms with E-state index in [1.54, 1.807) is 0 Å². The van der Waals surface area contributed by atoms with Crippen LogP contribution in [0.25, 0.3) is 0 Å². The molecule has 0 bridgehead atoms. The van der Waals surface area contributed by atoms with Crippen LogP contribution in [0, 0.1) is 5.41 Å². The first kappa shape index (κ1) is 16.5. The molecule has 22 heavy (non-hydrogen) atoms. The van der Waals surface area contributed by atoms with Crippen molar-refractivity contribution < 1.29 is 4.79 Å². The van der Waals surface area contributed by atoms with Crippen molar-refractivity contribution in [1.82, 2.24) is 4.90 Å². The van der Waals surface area contributed by atoms with Crippen molar-refractivity contribution in [3.63, 3.8) is 0 Å². The fraction of sp³-hybridized carbons (Fsp3) is 0.474. The maximum Gasteiger partial charge on any atom is 0.253 e. The van der Waals surface area contributed by atoms with Gasteiger partial charge in [-0.15, -0.1) is 6.58 Å². The van der Waals surface area contributed by atoms with E-state index in [2.05, 4.69) is 11.6 Å². The first-order chi connectivity index (χ1) is 10.7. The molecule has 0 saturated carbocycles. The number of nitrogens with zero attached hydrogens (tertiary/aromatic N) is 2. The lowest BCUT2D eigenvalue weighted by Gasteiger charge is -2.42. The van der Waals surface area contributed by atoms with Crippen molar-refractivity contribution in [2.45, 2.75) is 32.1 Å². The predicted octanol–water partition coefficient (Wildman–Crippen LogP) is 3.97. The summed E-state index contributed by atoms with van der Waals surface area (Å²) >= 11 is 0. The Morgan fingerprint density at radius 3 is 2.86 bits per heavy atom. The van der Waals surface area contributed by atoms with Crippen molar-refractivity contribution in [2.75, 3.05) is 20.1 Å². The Balaban J connectivity index is 2.10. The molecule has 1 saturated heterocycles. The number of piperidine rings is 1. The minimum absolute atomic E-state index is 0.151. The average molecular weight is 298 g/mol. The van der Waals surface area contributed by atoms with Gasteiger partial charge in [0.25, 0.3) is 5.91 Å². The van der Waals surface area contributed by atoms with Gasteiger partial charge in [-0.25, -0.2) is 0 Å². The van der Waals surface area contributed by atoms with Crippen LogP contribution >= 0.6 is 0 Å². The Kier molecular flexibility index (Phi) is 5.93. The van der Waals surface area contributed by atoms with Gasteiger partial charge in [-0.05, 0) is 55.9 Å². The Morgan fingerprint density at radius 2 is 2.18 bits per heavy atom. The van der Waals surface area contributed by atoms with Crippen molar-refractivity contribution in [2.24, 2.45) is 10.4 Å². The van der Waals surface area contributed by atoms with Gasteiger partial charge in [0.15, 0.2) is 0 Å². The first-order valence-electron chi connectivity index (χ1n) is 8.07. The summed E-state index contributed by atoms with van der Waals surface area (Å²) in [5.74, 6) is 0.151. The molecule has 1 aliphatic rings. The smallest absolute Gasteiger partial charge is 0.253 e. The van der Waals surface area contributed by atoms with E-state index in [0.29, 0.717) is 0 Å². The van der Waals surface area contributed by atoms with Crippen LogP contribution in [-0.2, 0) is 0 Å². The highest BCUT2D eigenvalue weighted by Crippen LogP contribution is 2.38. The maximum atomic E-state index is 12.7. The number of carbonyl (C=O) groups excluding carboxylic acids is 1. The lowest BCUT2D eigenvalue weighted by Crippen LogP contribution is -2.46. The van der Waals surface area contributed by atoms with Gasteiger partial charge in [0, 0.05) is 25.7 Å². The van der Waals surface area contributed by atoms with E-state index < -0.39 is 0 Å². The molecular weight excluding hydrogens is 272 g/mol. The molecule has 1 aromatic rings. The molecule has 1 aliphatic heterocycles. The summed E-state index contributed by atoms with van der Waals surface area (Å²) in [7, 11) is 1.81. The lowest BCUT2D eigenvalue weighted by atomic mass is 9.73. The number of amides is 1. The van der Waals surface area contributed by atoms with Gasteiger partial charge < -0.3 is 9.89 Å². The fourth-order valence-electron chi connectivity index (χ4n) is 3.42. The number of hydrogen-bond acceptors (Lipinski definition) is 2. The Bertz CT molecular complexity index is 523. The van der Waals surface area contributed by atoms with Crippen molar-refractivity contribution in [3.05, 3.63) is 48.6 Å². The Hall–Kier alpha value is -1.90. The van der Waals surface area contributed by atoms with E-state index in [-0.39, 0.29) is 11.3 Å². The zero-order chi connectivity index (χ0) is 15.8. The van der Waals surface area contributed by atoms with Gasteiger partial charge in [0.1, 0.15) is 0 Å². The highest BCUT2D eigenvalue weighted by atomic mass is 16.2. The standard InChI is InChI=1S/C19H26N2O/c1-3-11-19(12-7-14-20-2)13-8-15-21(16-19)18(22)17-9-5-4-6-10-17/h3-6,9-10,14H,1,7-8,11-13,15-16H2,2H3/b20-14+/t19-/m0/s1. The van der Waals surface area contributed by atoms with Gasteiger partial charge in [-0.2, -0.15) is 0 Å². The number of allylic oxidation sites excluding steroid dienone is 1. The third kappa shape index (κ3) is 4.06. The van der Waals surface area contributed by atoms with Gasteiger partial charge in [-0.1, -0.05) is 24.3 Å². The third-order valence-electron chi connectivity index (χ3n) is 4.53. The highest BCUT2D eigenvalue weighted by Gasteiger charge is 2.35. The zero-order valence-corrected chi connectivity index (χ0v) is 13.5. The number of carbonyl (C=O) groups is 1. The normalized spacial score (nSPS) is 22.0. The second kappa shape index (κ2) is 7.92. The molecule has 2 rings (SSSR count). The summed E-state index contributed by atoms with van der Waals surface area (Å²) in [5.41, 5.74) is 0.943. The molecule has 0 spiro atoms. The van der Waals surface area contributed by atoms with Crippen molar-refractivity contribution in [3.8, 4) is 0 Å². The quantitative estimate of drug-likeness (QED) is 0.578. The van der Waals surface area contributed by atoms with Crippen LogP contribution in [-0.4, -0.2) is 37.2 Å². The number of aliphatic imine (C=N–C) groups is 1. The SMILES string of the molecule is C=CC[C@]1(CC/C=N/C)CCCN(C(=O)c2ccccc2)C1. The summed E-state index contributed by atoms with van der Waals surface area (Å²) in [6.45, 7) is 5.60. The molecule has 1 fully saturated rings. The molecule has 1 amide bonds. The van der Waals surface area contributed by atoms with Crippen LogP contribution < -0.4 is 0 Å². The molecule has 3 heteroatoms. The fourth-order valence-corrected chi connectivity index (χ4v) is 3.42. The van der Waals surface area contributed by atoms with Crippen LogP contribution in [0.1, 0.15) is 42.5 Å². The van der Waals surface area contributed by atoms with Crippen molar-refractivity contribution in [1.29, 1.82) is 0 Å². The van der Waals surface area contributed by atoms with E-state index in [0.717, 1.165) is 50.8 Å². The largest absolute Gasteiger partial charge is 0.338 e. The average Bonchev–Trinajstić information content (AvgIpc) is 2.56. The summed E-state index contributed by atoms with van der Waals surface area (Å²) < 4.78 is 0. The summed E-state index contributed by atoms with van der Waals surface area (Å²) in [5, 5.41) is 0. The summed E-state index contributed by atoms with van der Waals surface area (Å²) in [6, 6.07) is 9.59. The summed E-state index contributed by atoms with van der Waals surface area (Å²) in [4.78, 5) is 18.8. The van der Waals surface area contributed by atoms with E-state index in [9.17, 15) is 4.79 Å². The zero-order valence-electron chi connectivity index (χ0n) is 13.5. The second-order valence-corrected chi connectivity index (χ2v) is 6.17. The maximum absolute atomic E-state index is 12.7. The third-order valence-corrected chi connectivity index (χ3v) is 4.53. The second-order valence-electron chi connectivity index (χ2n) is 6.17. The molecule has 0 unspecified atom stereocenters. The number of rotatable bonds is 6. The van der Waals surface area contributed by atoms with E-state index >= 15 is 0 Å². The number of hydrogen-bond donors (Lipinski definition) is 0. The van der Waals surface area contributed by atoms with E-state index in [4.69, 9.17) is 0 Å². The summed E-state index contributed by atoms with van der Waals surface area (Å²) in [6.07, 6.45) is 9.20. The minimum atomic E-state index is 0.151. The lowest BCUT2D eigenvalue weighted by molar-refractivity contribution is 0.0499. The molecule has 0 aromatic heterocycles. The molecule has 1 aromatic carbocycles. The Labute approximate surface area is 133 Å². The Morgan fingerprint density at radius 1 is 1.41 bits per heavy atom. The molecule has 118 valence electrons. The first-order valence-corrected chi connectivity index (χ1v) is 8.07. The minimum Gasteiger partial charge on any atom is -0.338 e. The predicted molar refractivity (Wildman–Crippen MR) is 92.5 cm³/mol. The van der Waals surface area contributed by atoms with E-state index in [1.165, 1.54) is 0 Å². The molecule has 0 N–H and O–H groups in total. The van der Waals surface area contributed by atoms with Gasteiger partial charge in [0.2, 0.25) is 0 Å². The van der Waals surface area contributed by atoms with Crippen molar-refractivity contribution >= 4 is 12.1 Å². The number of likely N-dealkylation sites (tertiary alicyclic amines) is 1. The topological polar surface area (TPSA) is 32.7 Å². The molecule has 1 atom stereocenters. The monoisotopic (exact) mass is 298 g/mol. The van der Waals surface area contributed by atoms with Crippen LogP contribution in [0.5, 0.6) is 0 Å². The van der Waals surface area contributed by atoms with Gasteiger partial charge >= 0.3 is 0 Å². The van der Waals surface area contributed by atoms with Crippen LogP contribution in [0.4, 0.5) is 0 Å². The molecule has 3 nitrogen and oxygen atoms in total. The molecule has 0 radical (unpaired) electrons. The van der Waals surface area contributed by atoms with Gasteiger partial charge in [0.05, 0.1) is 0 Å². The van der Waals surface area contributed by atoms with E-state index in [1.807, 2.05) is 54.6 Å². The molecular formula is C19H26N2O. The molecule has 0 aliphatic carbocycles.